The molecule has 0 spiro atoms. The maximum atomic E-state index is 11.1. The van der Waals surface area contributed by atoms with Crippen LogP contribution in [0.1, 0.15) is 31.2 Å². The molecule has 0 aromatic heterocycles. The third kappa shape index (κ3) is 3.56. The van der Waals surface area contributed by atoms with Gasteiger partial charge in [0.1, 0.15) is 5.78 Å². The van der Waals surface area contributed by atoms with Crippen molar-refractivity contribution >= 4 is 28.4 Å². The Morgan fingerprint density at radius 2 is 1.81 bits per heavy atom. The smallest absolute Gasteiger partial charge is 0.133 e. The standard InChI is InChI=1S/C13H15IO2/c14-11-3-1-10(2-4-11)9-16-13-7-5-12(15)6-8-13/h1-4,13H,5-9H2. The molecule has 1 aromatic rings. The molecule has 0 heterocycles. The van der Waals surface area contributed by atoms with E-state index >= 15 is 0 Å². The van der Waals surface area contributed by atoms with Crippen LogP contribution in [0.3, 0.4) is 0 Å². The van der Waals surface area contributed by atoms with Crippen molar-refractivity contribution in [2.75, 3.05) is 0 Å². The van der Waals surface area contributed by atoms with Gasteiger partial charge in [0.05, 0.1) is 12.7 Å². The molecule has 16 heavy (non-hydrogen) atoms. The Balaban J connectivity index is 1.79. The van der Waals surface area contributed by atoms with Crippen molar-refractivity contribution in [3.05, 3.63) is 33.4 Å². The molecular weight excluding hydrogens is 315 g/mol. The molecule has 0 bridgehead atoms. The molecule has 2 nitrogen and oxygen atoms in total. The third-order valence-electron chi connectivity index (χ3n) is 2.89. The lowest BCUT2D eigenvalue weighted by molar-refractivity contribution is -0.123. The SMILES string of the molecule is O=C1CCC(OCc2ccc(I)cc2)CC1. The van der Waals surface area contributed by atoms with Gasteiger partial charge >= 0.3 is 0 Å². The number of ether oxygens (including phenoxy) is 1. The van der Waals surface area contributed by atoms with Gasteiger partial charge in [0, 0.05) is 16.4 Å². The number of halogens is 1. The van der Waals surface area contributed by atoms with Crippen molar-refractivity contribution < 1.29 is 9.53 Å². The van der Waals surface area contributed by atoms with Crippen LogP contribution in [-0.2, 0) is 16.1 Å². The zero-order valence-corrected chi connectivity index (χ0v) is 11.3. The molecule has 1 aliphatic carbocycles. The van der Waals surface area contributed by atoms with Crippen LogP contribution < -0.4 is 0 Å². The topological polar surface area (TPSA) is 26.3 Å². The van der Waals surface area contributed by atoms with Gasteiger partial charge in [-0.15, -0.1) is 0 Å². The van der Waals surface area contributed by atoms with Crippen LogP contribution in [0, 0.1) is 3.57 Å². The van der Waals surface area contributed by atoms with E-state index < -0.39 is 0 Å². The van der Waals surface area contributed by atoms with Gasteiger partial charge in [0.15, 0.2) is 0 Å². The van der Waals surface area contributed by atoms with Crippen LogP contribution in [0.4, 0.5) is 0 Å². The van der Waals surface area contributed by atoms with Crippen LogP contribution in [0.2, 0.25) is 0 Å². The number of rotatable bonds is 3. The third-order valence-corrected chi connectivity index (χ3v) is 3.61. The molecule has 0 N–H and O–H groups in total. The summed E-state index contributed by atoms with van der Waals surface area (Å²) >= 11 is 2.29. The van der Waals surface area contributed by atoms with E-state index in [1.165, 1.54) is 9.13 Å². The first-order valence-electron chi connectivity index (χ1n) is 5.62. The molecule has 1 saturated carbocycles. The quantitative estimate of drug-likeness (QED) is 0.795. The molecule has 86 valence electrons. The van der Waals surface area contributed by atoms with Crippen LogP contribution in [0.5, 0.6) is 0 Å². The normalized spacial score (nSPS) is 17.7. The van der Waals surface area contributed by atoms with E-state index in [9.17, 15) is 4.79 Å². The van der Waals surface area contributed by atoms with Crippen LogP contribution >= 0.6 is 22.6 Å². The second-order valence-corrected chi connectivity index (χ2v) is 5.42. The second-order valence-electron chi connectivity index (χ2n) is 4.18. The first-order chi connectivity index (χ1) is 7.74. The largest absolute Gasteiger partial charge is 0.374 e. The van der Waals surface area contributed by atoms with E-state index in [0.29, 0.717) is 25.2 Å². The first kappa shape index (κ1) is 12.0. The number of hydrogen-bond acceptors (Lipinski definition) is 2. The van der Waals surface area contributed by atoms with Gasteiger partial charge < -0.3 is 4.74 Å². The van der Waals surface area contributed by atoms with Gasteiger partial charge in [-0.2, -0.15) is 0 Å². The zero-order valence-electron chi connectivity index (χ0n) is 9.12. The predicted molar refractivity (Wildman–Crippen MR) is 71.2 cm³/mol. The minimum Gasteiger partial charge on any atom is -0.374 e. The summed E-state index contributed by atoms with van der Waals surface area (Å²) in [5.74, 6) is 0.383. The summed E-state index contributed by atoms with van der Waals surface area (Å²) < 4.78 is 7.04. The Hall–Kier alpha value is -0.420. The number of hydrogen-bond donors (Lipinski definition) is 0. The Bertz CT molecular complexity index is 349. The number of ketones is 1. The maximum Gasteiger partial charge on any atom is 0.133 e. The first-order valence-corrected chi connectivity index (χ1v) is 6.69. The van der Waals surface area contributed by atoms with Crippen molar-refractivity contribution in [1.82, 2.24) is 0 Å². The van der Waals surface area contributed by atoms with E-state index in [1.54, 1.807) is 0 Å². The summed E-state index contributed by atoms with van der Waals surface area (Å²) in [6, 6.07) is 8.36. The molecule has 0 saturated heterocycles. The minimum atomic E-state index is 0.275. The van der Waals surface area contributed by atoms with E-state index in [1.807, 2.05) is 0 Å². The molecular formula is C13H15IO2. The highest BCUT2D eigenvalue weighted by atomic mass is 127. The fraction of sp³-hybridized carbons (Fsp3) is 0.462. The van der Waals surface area contributed by atoms with Crippen LogP contribution in [0.25, 0.3) is 0 Å². The van der Waals surface area contributed by atoms with E-state index in [0.717, 1.165) is 12.8 Å². The van der Waals surface area contributed by atoms with Crippen molar-refractivity contribution in [3.8, 4) is 0 Å². The van der Waals surface area contributed by atoms with Gasteiger partial charge in [0.2, 0.25) is 0 Å². The summed E-state index contributed by atoms with van der Waals surface area (Å²) in [6.07, 6.45) is 3.44. The van der Waals surface area contributed by atoms with Crippen molar-refractivity contribution in [1.29, 1.82) is 0 Å². The predicted octanol–water partition coefficient (Wildman–Crippen LogP) is 3.32. The van der Waals surface area contributed by atoms with E-state index in [2.05, 4.69) is 46.9 Å². The summed E-state index contributed by atoms with van der Waals surface area (Å²) in [5, 5.41) is 0. The molecule has 1 aromatic carbocycles. The summed E-state index contributed by atoms with van der Waals surface area (Å²) in [7, 11) is 0. The Labute approximate surface area is 110 Å². The molecule has 0 amide bonds. The fourth-order valence-electron chi connectivity index (χ4n) is 1.87. The maximum absolute atomic E-state index is 11.1. The Morgan fingerprint density at radius 3 is 2.44 bits per heavy atom. The molecule has 0 unspecified atom stereocenters. The van der Waals surface area contributed by atoms with E-state index in [4.69, 9.17) is 4.74 Å². The number of carbonyl (C=O) groups is 1. The van der Waals surface area contributed by atoms with Gasteiger partial charge in [-0.25, -0.2) is 0 Å². The summed E-state index contributed by atoms with van der Waals surface area (Å²) in [6.45, 7) is 0.662. The number of carbonyl (C=O) groups excluding carboxylic acids is 1. The van der Waals surface area contributed by atoms with Crippen LogP contribution in [-0.4, -0.2) is 11.9 Å². The molecule has 3 heteroatoms. The highest BCUT2D eigenvalue weighted by Gasteiger charge is 2.18. The molecule has 0 atom stereocenters. The van der Waals surface area contributed by atoms with Crippen LogP contribution in [0.15, 0.2) is 24.3 Å². The second kappa shape index (κ2) is 5.77. The van der Waals surface area contributed by atoms with E-state index in [-0.39, 0.29) is 6.10 Å². The molecule has 1 fully saturated rings. The zero-order chi connectivity index (χ0) is 11.4. The van der Waals surface area contributed by atoms with Gasteiger partial charge in [0.25, 0.3) is 0 Å². The monoisotopic (exact) mass is 330 g/mol. The highest BCUT2D eigenvalue weighted by Crippen LogP contribution is 2.19. The van der Waals surface area contributed by atoms with Crippen molar-refractivity contribution in [2.24, 2.45) is 0 Å². The molecule has 0 aliphatic heterocycles. The van der Waals surface area contributed by atoms with Gasteiger partial charge in [-0.3, -0.25) is 4.79 Å². The fourth-order valence-corrected chi connectivity index (χ4v) is 2.23. The lowest BCUT2D eigenvalue weighted by Gasteiger charge is -2.21. The molecule has 2 rings (SSSR count). The average molecular weight is 330 g/mol. The lowest BCUT2D eigenvalue weighted by Crippen LogP contribution is -2.21. The number of Topliss-reactive ketones (excluding diaryl/α,β-unsaturated/α-hetero) is 1. The number of benzene rings is 1. The molecule has 0 radical (unpaired) electrons. The van der Waals surface area contributed by atoms with Crippen molar-refractivity contribution in [3.63, 3.8) is 0 Å². The van der Waals surface area contributed by atoms with Gasteiger partial charge in [-0.05, 0) is 53.1 Å². The van der Waals surface area contributed by atoms with Crippen molar-refractivity contribution in [2.45, 2.75) is 38.4 Å². The molecule has 1 aliphatic rings. The highest BCUT2D eigenvalue weighted by molar-refractivity contribution is 14.1. The lowest BCUT2D eigenvalue weighted by atomic mass is 9.96. The average Bonchev–Trinajstić information content (AvgIpc) is 2.30. The van der Waals surface area contributed by atoms with Gasteiger partial charge in [-0.1, -0.05) is 12.1 Å². The summed E-state index contributed by atoms with van der Waals surface area (Å²) in [4.78, 5) is 11.1. The summed E-state index contributed by atoms with van der Waals surface area (Å²) in [5.41, 5.74) is 1.21. The minimum absolute atomic E-state index is 0.275. The Morgan fingerprint density at radius 1 is 1.19 bits per heavy atom. The Kier molecular flexibility index (Phi) is 4.35.